The van der Waals surface area contributed by atoms with Crippen molar-refractivity contribution in [3.8, 4) is 11.1 Å². The van der Waals surface area contributed by atoms with E-state index >= 15 is 0 Å². The number of carbonyl (C=O) groups excluding carboxylic acids is 1. The highest BCUT2D eigenvalue weighted by Gasteiger charge is 2.27. The minimum atomic E-state index is -0.101. The van der Waals surface area contributed by atoms with Crippen LogP contribution >= 0.6 is 0 Å². The van der Waals surface area contributed by atoms with Gasteiger partial charge in [0.15, 0.2) is 0 Å². The third kappa shape index (κ3) is 4.89. The normalized spacial score (nSPS) is 14.8. The second-order valence-corrected chi connectivity index (χ2v) is 9.25. The average Bonchev–Trinajstić information content (AvgIpc) is 3.21. The molecule has 1 aliphatic heterocycles. The smallest absolute Gasteiger partial charge is 0.257 e. The van der Waals surface area contributed by atoms with Gasteiger partial charge < -0.3 is 14.7 Å². The molecule has 33 heavy (non-hydrogen) atoms. The lowest BCUT2D eigenvalue weighted by molar-refractivity contribution is 0.0928. The molecule has 4 rings (SSSR count). The minimum absolute atomic E-state index is 0.101. The first-order valence-corrected chi connectivity index (χ1v) is 11.6. The van der Waals surface area contributed by atoms with Crippen molar-refractivity contribution in [2.45, 2.75) is 65.3 Å². The molecule has 1 amide bonds. The van der Waals surface area contributed by atoms with E-state index in [-0.39, 0.29) is 23.8 Å². The van der Waals surface area contributed by atoms with E-state index in [1.165, 1.54) is 0 Å². The molecular formula is C25H32N6O2. The van der Waals surface area contributed by atoms with E-state index in [9.17, 15) is 4.79 Å². The third-order valence-corrected chi connectivity index (χ3v) is 6.12. The molecule has 8 nitrogen and oxygen atoms in total. The highest BCUT2D eigenvalue weighted by Crippen LogP contribution is 2.29. The summed E-state index contributed by atoms with van der Waals surface area (Å²) < 4.78 is 5.28. The fourth-order valence-electron chi connectivity index (χ4n) is 4.27. The zero-order chi connectivity index (χ0) is 23.5. The maximum Gasteiger partial charge on any atom is 0.257 e. The summed E-state index contributed by atoms with van der Waals surface area (Å²) in [5.41, 5.74) is 4.44. The molecule has 0 bridgehead atoms. The lowest BCUT2D eigenvalue weighted by atomic mass is 10.00. The zero-order valence-corrected chi connectivity index (χ0v) is 20.0. The van der Waals surface area contributed by atoms with Gasteiger partial charge in [-0.3, -0.25) is 9.78 Å². The number of piperidine rings is 1. The first-order valence-electron chi connectivity index (χ1n) is 11.6. The summed E-state index contributed by atoms with van der Waals surface area (Å²) in [6, 6.07) is 4.07. The highest BCUT2D eigenvalue weighted by atomic mass is 16.5. The van der Waals surface area contributed by atoms with Crippen molar-refractivity contribution in [1.82, 2.24) is 25.4 Å². The maximum atomic E-state index is 12.9. The molecule has 1 saturated heterocycles. The number of carbonyl (C=O) groups is 1. The molecule has 1 aliphatic rings. The molecule has 0 atom stereocenters. The lowest BCUT2D eigenvalue weighted by Gasteiger charge is -2.32. The van der Waals surface area contributed by atoms with Crippen molar-refractivity contribution in [2.75, 3.05) is 18.0 Å². The quantitative estimate of drug-likeness (QED) is 0.594. The average molecular weight is 449 g/mol. The molecule has 0 saturated carbocycles. The van der Waals surface area contributed by atoms with Crippen LogP contribution in [0.4, 0.5) is 5.95 Å². The van der Waals surface area contributed by atoms with Gasteiger partial charge in [0.25, 0.3) is 5.91 Å². The first kappa shape index (κ1) is 22.9. The Hall–Kier alpha value is -3.29. The van der Waals surface area contributed by atoms with Crippen LogP contribution in [0.25, 0.3) is 11.1 Å². The molecule has 174 valence electrons. The number of aromatic nitrogens is 4. The topological polar surface area (TPSA) is 97.0 Å². The van der Waals surface area contributed by atoms with E-state index in [2.05, 4.69) is 39.2 Å². The Morgan fingerprint density at radius 2 is 1.76 bits per heavy atom. The summed E-state index contributed by atoms with van der Waals surface area (Å²) in [4.78, 5) is 28.8. The van der Waals surface area contributed by atoms with Crippen LogP contribution in [0.3, 0.4) is 0 Å². The lowest BCUT2D eigenvalue weighted by Crippen LogP contribution is -2.45. The van der Waals surface area contributed by atoms with Crippen LogP contribution in [0.2, 0.25) is 0 Å². The van der Waals surface area contributed by atoms with Crippen molar-refractivity contribution in [1.29, 1.82) is 0 Å². The number of aryl methyl sites for hydroxylation is 1. The van der Waals surface area contributed by atoms with Crippen molar-refractivity contribution in [2.24, 2.45) is 0 Å². The van der Waals surface area contributed by atoms with E-state index < -0.39 is 0 Å². The summed E-state index contributed by atoms with van der Waals surface area (Å²) in [6.45, 7) is 11.7. The third-order valence-electron chi connectivity index (χ3n) is 6.12. The number of hydrogen-bond acceptors (Lipinski definition) is 7. The number of anilines is 1. The predicted molar refractivity (Wildman–Crippen MR) is 127 cm³/mol. The molecule has 0 radical (unpaired) electrons. The standard InChI is InChI=1S/C25H32N6O2/c1-15(2)22-20(18-6-10-26-11-7-18)14-27-25(29-22)31-12-8-19(9-13-31)28-24(32)21-17(5)33-30-23(21)16(3)4/h6-7,10-11,14-16,19H,8-9,12-13H2,1-5H3,(H,28,32). The van der Waals surface area contributed by atoms with Gasteiger partial charge in [0.2, 0.25) is 5.95 Å². The van der Waals surface area contributed by atoms with Gasteiger partial charge in [-0.25, -0.2) is 9.97 Å². The highest BCUT2D eigenvalue weighted by molar-refractivity contribution is 5.96. The van der Waals surface area contributed by atoms with Gasteiger partial charge in [0.05, 0.1) is 11.4 Å². The summed E-state index contributed by atoms with van der Waals surface area (Å²) in [6.07, 6.45) is 7.16. The van der Waals surface area contributed by atoms with Gasteiger partial charge in [-0.2, -0.15) is 0 Å². The van der Waals surface area contributed by atoms with Crippen LogP contribution in [-0.4, -0.2) is 45.1 Å². The Bertz CT molecular complexity index is 1100. The molecule has 0 aromatic carbocycles. The van der Waals surface area contributed by atoms with Crippen LogP contribution in [-0.2, 0) is 0 Å². The first-order chi connectivity index (χ1) is 15.8. The summed E-state index contributed by atoms with van der Waals surface area (Å²) >= 11 is 0. The van der Waals surface area contributed by atoms with Crippen molar-refractivity contribution in [3.05, 3.63) is 53.4 Å². The number of amides is 1. The maximum absolute atomic E-state index is 12.9. The molecule has 3 aromatic heterocycles. The molecule has 0 spiro atoms. The monoisotopic (exact) mass is 448 g/mol. The number of pyridine rings is 1. The van der Waals surface area contributed by atoms with Crippen molar-refractivity contribution >= 4 is 11.9 Å². The van der Waals surface area contributed by atoms with Crippen LogP contribution in [0.5, 0.6) is 0 Å². The van der Waals surface area contributed by atoms with E-state index in [4.69, 9.17) is 9.51 Å². The number of rotatable bonds is 6. The molecule has 3 aromatic rings. The zero-order valence-electron chi connectivity index (χ0n) is 20.0. The van der Waals surface area contributed by atoms with Gasteiger partial charge in [0.1, 0.15) is 11.3 Å². The molecule has 4 heterocycles. The van der Waals surface area contributed by atoms with Gasteiger partial charge in [-0.1, -0.05) is 32.9 Å². The number of nitrogens with one attached hydrogen (secondary N) is 1. The summed E-state index contributed by atoms with van der Waals surface area (Å²) in [5, 5.41) is 7.25. The van der Waals surface area contributed by atoms with Gasteiger partial charge in [-0.05, 0) is 49.3 Å². The van der Waals surface area contributed by atoms with E-state index in [1.807, 2.05) is 32.2 Å². The molecule has 1 N–H and O–H groups in total. The second-order valence-electron chi connectivity index (χ2n) is 9.25. The molecule has 0 aliphatic carbocycles. The predicted octanol–water partition coefficient (Wildman–Crippen LogP) is 4.48. The van der Waals surface area contributed by atoms with Crippen molar-refractivity contribution in [3.63, 3.8) is 0 Å². The Labute approximate surface area is 194 Å². The second kappa shape index (κ2) is 9.68. The SMILES string of the molecule is Cc1onc(C(C)C)c1C(=O)NC1CCN(c2ncc(-c3ccncc3)c(C(C)C)n2)CC1. The fourth-order valence-corrected chi connectivity index (χ4v) is 4.27. The molecular weight excluding hydrogens is 416 g/mol. The molecule has 0 unspecified atom stereocenters. The summed E-state index contributed by atoms with van der Waals surface area (Å²) in [5.74, 6) is 1.62. The molecule has 1 fully saturated rings. The van der Waals surface area contributed by atoms with Crippen LogP contribution in [0.15, 0.2) is 35.2 Å². The van der Waals surface area contributed by atoms with Crippen LogP contribution < -0.4 is 10.2 Å². The Morgan fingerprint density at radius 3 is 2.39 bits per heavy atom. The minimum Gasteiger partial charge on any atom is -0.361 e. The van der Waals surface area contributed by atoms with Crippen molar-refractivity contribution < 1.29 is 9.32 Å². The van der Waals surface area contributed by atoms with E-state index in [1.54, 1.807) is 19.3 Å². The van der Waals surface area contributed by atoms with E-state index in [0.29, 0.717) is 17.0 Å². The van der Waals surface area contributed by atoms with Crippen LogP contribution in [0, 0.1) is 6.92 Å². The number of hydrogen-bond donors (Lipinski definition) is 1. The Morgan fingerprint density at radius 1 is 1.09 bits per heavy atom. The van der Waals surface area contributed by atoms with Crippen LogP contribution in [0.1, 0.15) is 79.9 Å². The number of nitrogens with zero attached hydrogens (tertiary/aromatic N) is 5. The van der Waals surface area contributed by atoms with Gasteiger partial charge >= 0.3 is 0 Å². The molecule has 8 heteroatoms. The largest absolute Gasteiger partial charge is 0.361 e. The van der Waals surface area contributed by atoms with Gasteiger partial charge in [-0.15, -0.1) is 0 Å². The fraction of sp³-hybridized carbons (Fsp3) is 0.480. The summed E-state index contributed by atoms with van der Waals surface area (Å²) in [7, 11) is 0. The van der Waals surface area contributed by atoms with Gasteiger partial charge in [0, 0.05) is 43.3 Å². The Balaban J connectivity index is 1.43. The van der Waals surface area contributed by atoms with E-state index in [0.717, 1.165) is 48.7 Å². The Kier molecular flexibility index (Phi) is 6.72.